The molecule has 0 radical (unpaired) electrons. The molecule has 0 atom stereocenters. The van der Waals surface area contributed by atoms with Gasteiger partial charge in [0.15, 0.2) is 0 Å². The molecule has 2 aromatic carbocycles. The zero-order chi connectivity index (χ0) is 18.5. The second kappa shape index (κ2) is 8.23. The van der Waals surface area contributed by atoms with E-state index in [4.69, 9.17) is 16.3 Å². The highest BCUT2D eigenvalue weighted by Crippen LogP contribution is 2.18. The van der Waals surface area contributed by atoms with E-state index in [0.29, 0.717) is 42.5 Å². The summed E-state index contributed by atoms with van der Waals surface area (Å²) in [6.07, 6.45) is 0.281. The van der Waals surface area contributed by atoms with Gasteiger partial charge in [-0.3, -0.25) is 9.59 Å². The van der Waals surface area contributed by atoms with Crippen molar-refractivity contribution in [1.29, 1.82) is 0 Å². The maximum Gasteiger partial charge on any atom is 0.254 e. The van der Waals surface area contributed by atoms with Crippen molar-refractivity contribution in [2.45, 2.75) is 6.42 Å². The van der Waals surface area contributed by atoms with Crippen LogP contribution in [0.4, 0.5) is 0 Å². The Morgan fingerprint density at radius 3 is 2.38 bits per heavy atom. The van der Waals surface area contributed by atoms with Gasteiger partial charge in [0.2, 0.25) is 5.91 Å². The molecule has 1 saturated heterocycles. The van der Waals surface area contributed by atoms with Crippen LogP contribution in [0.3, 0.4) is 0 Å². The summed E-state index contributed by atoms with van der Waals surface area (Å²) >= 11 is 6.13. The second-order valence-electron chi connectivity index (χ2n) is 6.17. The predicted molar refractivity (Wildman–Crippen MR) is 101 cm³/mol. The van der Waals surface area contributed by atoms with Crippen molar-refractivity contribution < 1.29 is 14.3 Å². The summed E-state index contributed by atoms with van der Waals surface area (Å²) in [6.45, 7) is 2.09. The van der Waals surface area contributed by atoms with Gasteiger partial charge in [0.05, 0.1) is 13.5 Å². The maximum absolute atomic E-state index is 12.6. The summed E-state index contributed by atoms with van der Waals surface area (Å²) in [6, 6.07) is 14.5. The van der Waals surface area contributed by atoms with E-state index in [1.54, 1.807) is 41.2 Å². The summed E-state index contributed by atoms with van der Waals surface area (Å²) < 4.78 is 5.17. The average molecular weight is 373 g/mol. The van der Waals surface area contributed by atoms with E-state index in [1.165, 1.54) is 0 Å². The minimum absolute atomic E-state index is 0.0339. The molecule has 26 heavy (non-hydrogen) atoms. The third kappa shape index (κ3) is 4.17. The van der Waals surface area contributed by atoms with Crippen molar-refractivity contribution in [2.24, 2.45) is 0 Å². The van der Waals surface area contributed by atoms with Crippen LogP contribution in [-0.2, 0) is 11.2 Å². The molecule has 1 heterocycles. The molecule has 0 N–H and O–H groups in total. The number of halogens is 1. The lowest BCUT2D eigenvalue weighted by Gasteiger charge is -2.35. The summed E-state index contributed by atoms with van der Waals surface area (Å²) in [7, 11) is 1.58. The number of nitrogens with zero attached hydrogens (tertiary/aromatic N) is 2. The van der Waals surface area contributed by atoms with Gasteiger partial charge in [0.25, 0.3) is 5.91 Å². The van der Waals surface area contributed by atoms with Gasteiger partial charge in [-0.1, -0.05) is 35.9 Å². The molecule has 1 aliphatic rings. The molecule has 2 aromatic rings. The van der Waals surface area contributed by atoms with Crippen LogP contribution in [0.25, 0.3) is 0 Å². The van der Waals surface area contributed by atoms with Crippen LogP contribution in [-0.4, -0.2) is 54.9 Å². The maximum atomic E-state index is 12.6. The highest BCUT2D eigenvalue weighted by molar-refractivity contribution is 6.31. The first-order chi connectivity index (χ1) is 12.6. The average Bonchev–Trinajstić information content (AvgIpc) is 2.69. The van der Waals surface area contributed by atoms with Gasteiger partial charge in [-0.05, 0) is 29.8 Å². The molecule has 0 saturated carbocycles. The molecule has 2 amide bonds. The number of carbonyl (C=O) groups excluding carboxylic acids is 2. The molecule has 1 aliphatic heterocycles. The molecular weight excluding hydrogens is 352 g/mol. The number of ether oxygens (including phenoxy) is 1. The van der Waals surface area contributed by atoms with Crippen molar-refractivity contribution in [1.82, 2.24) is 9.80 Å². The Balaban J connectivity index is 1.57. The number of hydrogen-bond donors (Lipinski definition) is 0. The lowest BCUT2D eigenvalue weighted by atomic mass is 10.1. The number of piperazine rings is 1. The van der Waals surface area contributed by atoms with Crippen LogP contribution in [0.15, 0.2) is 48.5 Å². The first-order valence-corrected chi connectivity index (χ1v) is 8.91. The zero-order valence-electron chi connectivity index (χ0n) is 14.7. The van der Waals surface area contributed by atoms with E-state index >= 15 is 0 Å². The van der Waals surface area contributed by atoms with Crippen molar-refractivity contribution in [3.63, 3.8) is 0 Å². The molecule has 136 valence electrons. The zero-order valence-corrected chi connectivity index (χ0v) is 15.4. The molecule has 0 bridgehead atoms. The molecule has 0 spiro atoms. The fraction of sp³-hybridized carbons (Fsp3) is 0.300. The van der Waals surface area contributed by atoms with Crippen LogP contribution >= 0.6 is 11.6 Å². The van der Waals surface area contributed by atoms with Gasteiger partial charge in [0.1, 0.15) is 5.75 Å². The van der Waals surface area contributed by atoms with E-state index < -0.39 is 0 Å². The van der Waals surface area contributed by atoms with Crippen LogP contribution in [0.2, 0.25) is 5.02 Å². The van der Waals surface area contributed by atoms with E-state index in [9.17, 15) is 9.59 Å². The summed E-state index contributed by atoms with van der Waals surface area (Å²) in [5.41, 5.74) is 1.43. The number of methoxy groups -OCH3 is 1. The lowest BCUT2D eigenvalue weighted by Crippen LogP contribution is -2.51. The minimum Gasteiger partial charge on any atom is -0.497 e. The molecule has 0 unspecified atom stereocenters. The topological polar surface area (TPSA) is 49.9 Å². The van der Waals surface area contributed by atoms with Gasteiger partial charge < -0.3 is 14.5 Å². The van der Waals surface area contributed by atoms with E-state index in [2.05, 4.69) is 0 Å². The third-order valence-electron chi connectivity index (χ3n) is 4.54. The van der Waals surface area contributed by atoms with Crippen molar-refractivity contribution in [3.05, 3.63) is 64.7 Å². The first kappa shape index (κ1) is 18.3. The number of carbonyl (C=O) groups is 2. The Bertz CT molecular complexity index is 801. The monoisotopic (exact) mass is 372 g/mol. The third-order valence-corrected chi connectivity index (χ3v) is 4.90. The number of hydrogen-bond acceptors (Lipinski definition) is 3. The predicted octanol–water partition coefficient (Wildman–Crippen LogP) is 2.88. The molecule has 0 aliphatic carbocycles. The lowest BCUT2D eigenvalue weighted by molar-refractivity contribution is -0.131. The van der Waals surface area contributed by atoms with Gasteiger partial charge in [-0.15, -0.1) is 0 Å². The SMILES string of the molecule is COc1cccc(C(=O)N2CCN(C(=O)Cc3ccccc3Cl)CC2)c1. The fourth-order valence-corrected chi connectivity index (χ4v) is 3.22. The van der Waals surface area contributed by atoms with Crippen LogP contribution in [0, 0.1) is 0 Å². The highest BCUT2D eigenvalue weighted by atomic mass is 35.5. The summed E-state index contributed by atoms with van der Waals surface area (Å²) in [5.74, 6) is 0.651. The van der Waals surface area contributed by atoms with Crippen LogP contribution in [0.1, 0.15) is 15.9 Å². The largest absolute Gasteiger partial charge is 0.497 e. The smallest absolute Gasteiger partial charge is 0.254 e. The van der Waals surface area contributed by atoms with Gasteiger partial charge in [0, 0.05) is 36.8 Å². The fourth-order valence-electron chi connectivity index (χ4n) is 3.01. The van der Waals surface area contributed by atoms with Crippen LogP contribution in [0.5, 0.6) is 5.75 Å². The molecule has 6 heteroatoms. The number of benzene rings is 2. The van der Waals surface area contributed by atoms with Gasteiger partial charge in [-0.2, -0.15) is 0 Å². The van der Waals surface area contributed by atoms with E-state index in [1.807, 2.05) is 24.3 Å². The number of amides is 2. The van der Waals surface area contributed by atoms with E-state index in [-0.39, 0.29) is 18.2 Å². The second-order valence-corrected chi connectivity index (χ2v) is 6.58. The van der Waals surface area contributed by atoms with Crippen molar-refractivity contribution in [3.8, 4) is 5.75 Å². The Labute approximate surface area is 158 Å². The standard InChI is InChI=1S/C20H21ClN2O3/c1-26-17-7-4-6-16(13-17)20(25)23-11-9-22(10-12-23)19(24)14-15-5-2-3-8-18(15)21/h2-8,13H,9-12,14H2,1H3. The minimum atomic E-state index is -0.0397. The van der Waals surface area contributed by atoms with Crippen LogP contribution < -0.4 is 4.74 Å². The number of rotatable bonds is 4. The van der Waals surface area contributed by atoms with Crippen molar-refractivity contribution >= 4 is 23.4 Å². The molecule has 1 fully saturated rings. The molecule has 3 rings (SSSR count). The molecular formula is C20H21ClN2O3. The Morgan fingerprint density at radius 2 is 1.69 bits per heavy atom. The first-order valence-electron chi connectivity index (χ1n) is 8.53. The Hall–Kier alpha value is -2.53. The quantitative estimate of drug-likeness (QED) is 0.829. The highest BCUT2D eigenvalue weighted by Gasteiger charge is 2.25. The normalized spacial score (nSPS) is 14.2. The van der Waals surface area contributed by atoms with E-state index in [0.717, 1.165) is 5.56 Å². The Morgan fingerprint density at radius 1 is 1.00 bits per heavy atom. The summed E-state index contributed by atoms with van der Waals surface area (Å²) in [5, 5.41) is 0.604. The van der Waals surface area contributed by atoms with Gasteiger partial charge >= 0.3 is 0 Å². The Kier molecular flexibility index (Phi) is 5.78. The summed E-state index contributed by atoms with van der Waals surface area (Å²) in [4.78, 5) is 28.7. The molecule has 0 aromatic heterocycles. The molecule has 5 nitrogen and oxygen atoms in total. The van der Waals surface area contributed by atoms with Gasteiger partial charge in [-0.25, -0.2) is 0 Å². The van der Waals surface area contributed by atoms with Crippen molar-refractivity contribution in [2.75, 3.05) is 33.3 Å².